The zero-order valence-electron chi connectivity index (χ0n) is 20.5. The van der Waals surface area contributed by atoms with E-state index >= 15 is 0 Å². The Bertz CT molecular complexity index is 1210. The molecular weight excluding hydrogens is 465 g/mol. The third kappa shape index (κ3) is 4.48. The SMILES string of the molecule is Cc1cc(N2C[C@H]3CC[C@@H](C2)C3Cc2nc3n(n2)CCCC[C@@H]3c2ccc(C(F)(F)F)cc2)ncn1. The lowest BCUT2D eigenvalue weighted by atomic mass is 9.82. The zero-order chi connectivity index (χ0) is 24.9. The van der Waals surface area contributed by atoms with Crippen LogP contribution in [0.1, 0.15) is 66.5 Å². The van der Waals surface area contributed by atoms with Gasteiger partial charge in [-0.15, -0.1) is 0 Å². The Labute approximate surface area is 209 Å². The highest BCUT2D eigenvalue weighted by molar-refractivity contribution is 5.40. The fourth-order valence-corrected chi connectivity index (χ4v) is 6.55. The van der Waals surface area contributed by atoms with Gasteiger partial charge in [0.2, 0.25) is 0 Å². The molecule has 36 heavy (non-hydrogen) atoms. The lowest BCUT2D eigenvalue weighted by Crippen LogP contribution is -2.43. The summed E-state index contributed by atoms with van der Waals surface area (Å²) < 4.78 is 41.2. The Hall–Kier alpha value is -2.97. The van der Waals surface area contributed by atoms with Crippen LogP contribution >= 0.6 is 0 Å². The number of alkyl halides is 3. The summed E-state index contributed by atoms with van der Waals surface area (Å²) in [5, 5.41) is 4.91. The van der Waals surface area contributed by atoms with Gasteiger partial charge in [0.05, 0.1) is 5.56 Å². The molecular formula is C27H31F3N6. The molecule has 6 nitrogen and oxygen atoms in total. The molecule has 3 aromatic rings. The normalized spacial score (nSPS) is 26.1. The van der Waals surface area contributed by atoms with Crippen molar-refractivity contribution < 1.29 is 13.2 Å². The van der Waals surface area contributed by atoms with Crippen molar-refractivity contribution in [1.82, 2.24) is 24.7 Å². The van der Waals surface area contributed by atoms with Gasteiger partial charge < -0.3 is 4.90 Å². The summed E-state index contributed by atoms with van der Waals surface area (Å²) in [7, 11) is 0. The van der Waals surface area contributed by atoms with Crippen LogP contribution in [0.15, 0.2) is 36.7 Å². The van der Waals surface area contributed by atoms with Crippen molar-refractivity contribution in [2.45, 2.75) is 64.1 Å². The average Bonchev–Trinajstić information content (AvgIpc) is 3.25. The van der Waals surface area contributed by atoms with Crippen LogP contribution in [0, 0.1) is 24.7 Å². The first-order valence-electron chi connectivity index (χ1n) is 13.0. The molecule has 1 saturated heterocycles. The molecule has 1 aliphatic carbocycles. The van der Waals surface area contributed by atoms with Crippen LogP contribution in [0.2, 0.25) is 0 Å². The average molecular weight is 497 g/mol. The fourth-order valence-electron chi connectivity index (χ4n) is 6.55. The van der Waals surface area contributed by atoms with Gasteiger partial charge in [0.1, 0.15) is 18.0 Å². The van der Waals surface area contributed by atoms with Crippen LogP contribution in [0.25, 0.3) is 0 Å². The number of rotatable bonds is 4. The Morgan fingerprint density at radius 1 is 0.972 bits per heavy atom. The third-order valence-electron chi connectivity index (χ3n) is 8.37. The first-order valence-corrected chi connectivity index (χ1v) is 13.0. The topological polar surface area (TPSA) is 59.7 Å². The second-order valence-corrected chi connectivity index (χ2v) is 10.7. The largest absolute Gasteiger partial charge is 0.416 e. The minimum atomic E-state index is -4.32. The van der Waals surface area contributed by atoms with Crippen LogP contribution in [0.3, 0.4) is 0 Å². The van der Waals surface area contributed by atoms with Crippen molar-refractivity contribution in [3.63, 3.8) is 0 Å². The predicted octanol–water partition coefficient (Wildman–Crippen LogP) is 5.42. The molecule has 9 heteroatoms. The number of fused-ring (bicyclic) bond motifs is 3. The molecule has 2 aromatic heterocycles. The van der Waals surface area contributed by atoms with Crippen LogP contribution in [-0.2, 0) is 19.1 Å². The number of benzene rings is 1. The van der Waals surface area contributed by atoms with Crippen molar-refractivity contribution in [3.8, 4) is 0 Å². The van der Waals surface area contributed by atoms with Gasteiger partial charge in [-0.2, -0.15) is 18.3 Å². The maximum absolute atomic E-state index is 13.1. The highest BCUT2D eigenvalue weighted by Crippen LogP contribution is 2.44. The predicted molar refractivity (Wildman–Crippen MR) is 130 cm³/mol. The molecule has 1 aromatic carbocycles. The lowest BCUT2D eigenvalue weighted by molar-refractivity contribution is -0.137. The fraction of sp³-hybridized carbons (Fsp3) is 0.556. The number of halogens is 3. The van der Waals surface area contributed by atoms with Gasteiger partial charge >= 0.3 is 6.18 Å². The molecule has 1 unspecified atom stereocenters. The number of hydrogen-bond donors (Lipinski definition) is 0. The van der Waals surface area contributed by atoms with Crippen molar-refractivity contribution in [2.75, 3.05) is 18.0 Å². The molecule has 0 amide bonds. The van der Waals surface area contributed by atoms with Crippen molar-refractivity contribution in [3.05, 3.63) is 65.1 Å². The van der Waals surface area contributed by atoms with Gasteiger partial charge in [-0.1, -0.05) is 18.6 Å². The first-order chi connectivity index (χ1) is 17.3. The first kappa shape index (κ1) is 23.4. The molecule has 2 fully saturated rings. The lowest BCUT2D eigenvalue weighted by Gasteiger charge is -2.38. The Kier molecular flexibility index (Phi) is 5.96. The van der Waals surface area contributed by atoms with Gasteiger partial charge in [0, 0.05) is 43.7 Å². The number of nitrogens with zero attached hydrogens (tertiary/aromatic N) is 6. The molecule has 0 radical (unpaired) electrons. The Balaban J connectivity index is 1.20. The summed E-state index contributed by atoms with van der Waals surface area (Å²) in [6, 6.07) is 7.67. The monoisotopic (exact) mass is 496 g/mol. The molecule has 4 atom stereocenters. The quantitative estimate of drug-likeness (QED) is 0.483. The van der Waals surface area contributed by atoms with E-state index in [0.29, 0.717) is 17.8 Å². The molecule has 0 N–H and O–H groups in total. The van der Waals surface area contributed by atoms with Gasteiger partial charge in [0.15, 0.2) is 5.82 Å². The van der Waals surface area contributed by atoms with Gasteiger partial charge in [-0.05, 0) is 68.1 Å². The molecule has 6 rings (SSSR count). The van der Waals surface area contributed by atoms with Crippen molar-refractivity contribution in [2.24, 2.45) is 17.8 Å². The molecule has 3 aliphatic rings. The van der Waals surface area contributed by atoms with E-state index in [2.05, 4.69) is 20.9 Å². The summed E-state index contributed by atoms with van der Waals surface area (Å²) >= 11 is 0. The second-order valence-electron chi connectivity index (χ2n) is 10.7. The standard InChI is InChI=1S/C27H31F3N6/c1-17-12-25(32-16-31-17)35-14-19-5-6-20(15-35)23(19)13-24-33-26-22(4-2-3-11-36(26)34-24)18-7-9-21(10-8-18)27(28,29)30/h7-10,12,16,19-20,22-23H,2-6,11,13-15H2,1H3/t19-,20+,22-,23?/m1/s1. The minimum Gasteiger partial charge on any atom is -0.356 e. The Morgan fingerprint density at radius 2 is 1.72 bits per heavy atom. The zero-order valence-corrected chi connectivity index (χ0v) is 20.5. The van der Waals surface area contributed by atoms with E-state index < -0.39 is 11.7 Å². The van der Waals surface area contributed by atoms with E-state index in [0.717, 1.165) is 74.0 Å². The molecule has 2 bridgehead atoms. The smallest absolute Gasteiger partial charge is 0.356 e. The van der Waals surface area contributed by atoms with E-state index in [4.69, 9.17) is 10.1 Å². The van der Waals surface area contributed by atoms with Crippen LogP contribution in [0.5, 0.6) is 0 Å². The van der Waals surface area contributed by atoms with E-state index in [9.17, 15) is 13.2 Å². The van der Waals surface area contributed by atoms with Crippen molar-refractivity contribution >= 4 is 5.82 Å². The maximum Gasteiger partial charge on any atom is 0.416 e. The van der Waals surface area contributed by atoms with Crippen LogP contribution in [-0.4, -0.2) is 37.8 Å². The minimum absolute atomic E-state index is 0.0180. The summed E-state index contributed by atoms with van der Waals surface area (Å²) in [6.45, 7) is 4.81. The van der Waals surface area contributed by atoms with Crippen LogP contribution < -0.4 is 4.90 Å². The highest BCUT2D eigenvalue weighted by atomic mass is 19.4. The summed E-state index contributed by atoms with van der Waals surface area (Å²) in [4.78, 5) is 16.2. The third-order valence-corrected chi connectivity index (χ3v) is 8.37. The number of anilines is 1. The number of piperidine rings is 1. The summed E-state index contributed by atoms with van der Waals surface area (Å²) in [6.07, 6.45) is 3.53. The molecule has 1 saturated carbocycles. The van der Waals surface area contributed by atoms with E-state index in [-0.39, 0.29) is 5.92 Å². The second kappa shape index (κ2) is 9.16. The number of aryl methyl sites for hydroxylation is 2. The highest BCUT2D eigenvalue weighted by Gasteiger charge is 2.43. The summed E-state index contributed by atoms with van der Waals surface area (Å²) in [5.74, 6) is 4.53. The van der Waals surface area contributed by atoms with E-state index in [1.54, 1.807) is 18.5 Å². The van der Waals surface area contributed by atoms with Gasteiger partial charge in [-0.25, -0.2) is 19.6 Å². The van der Waals surface area contributed by atoms with Gasteiger partial charge in [0.25, 0.3) is 0 Å². The number of hydrogen-bond acceptors (Lipinski definition) is 5. The molecule has 2 aliphatic heterocycles. The molecule has 190 valence electrons. The maximum atomic E-state index is 13.1. The van der Waals surface area contributed by atoms with E-state index in [1.807, 2.05) is 11.6 Å². The van der Waals surface area contributed by atoms with Gasteiger partial charge in [-0.3, -0.25) is 0 Å². The molecule has 4 heterocycles. The van der Waals surface area contributed by atoms with Crippen molar-refractivity contribution in [1.29, 1.82) is 0 Å². The molecule has 0 spiro atoms. The number of aromatic nitrogens is 5. The van der Waals surface area contributed by atoms with E-state index in [1.165, 1.54) is 25.0 Å². The summed E-state index contributed by atoms with van der Waals surface area (Å²) in [5.41, 5.74) is 1.26. The Morgan fingerprint density at radius 3 is 2.42 bits per heavy atom. The van der Waals surface area contributed by atoms with Crippen LogP contribution in [0.4, 0.5) is 19.0 Å².